The Morgan fingerprint density at radius 1 is 1.42 bits per heavy atom. The average Bonchev–Trinajstić information content (AvgIpc) is 2.70. The van der Waals surface area contributed by atoms with E-state index in [9.17, 15) is 5.11 Å². The zero-order chi connectivity index (χ0) is 9.35. The van der Waals surface area contributed by atoms with Crippen molar-refractivity contribution < 1.29 is 9.59 Å². The summed E-state index contributed by atoms with van der Waals surface area (Å²) in [6.07, 6.45) is 2.47. The van der Waals surface area contributed by atoms with Gasteiger partial charge in [-0.25, -0.2) is 0 Å². The standard InChI is InChI=1S/C10H22NO/c1-5-11(3,4)10(8(2)12)9-6-7-9/h8-10,12H,5-7H2,1-4H3/q+1/t8-,10?/m1/s1. The molecule has 0 amide bonds. The van der Waals surface area contributed by atoms with Crippen molar-refractivity contribution >= 4 is 0 Å². The molecule has 0 radical (unpaired) electrons. The van der Waals surface area contributed by atoms with E-state index in [2.05, 4.69) is 21.0 Å². The monoisotopic (exact) mass is 172 g/mol. The van der Waals surface area contributed by atoms with Crippen molar-refractivity contribution in [2.24, 2.45) is 5.92 Å². The van der Waals surface area contributed by atoms with Gasteiger partial charge in [0, 0.05) is 5.92 Å². The topological polar surface area (TPSA) is 20.2 Å². The van der Waals surface area contributed by atoms with Crippen molar-refractivity contribution in [3.63, 3.8) is 0 Å². The predicted molar refractivity (Wildman–Crippen MR) is 50.8 cm³/mol. The molecule has 72 valence electrons. The minimum absolute atomic E-state index is 0.160. The predicted octanol–water partition coefficient (Wildman–Crippen LogP) is 1.24. The first kappa shape index (κ1) is 10.0. The lowest BCUT2D eigenvalue weighted by atomic mass is 10.0. The van der Waals surface area contributed by atoms with Gasteiger partial charge in [0.2, 0.25) is 0 Å². The van der Waals surface area contributed by atoms with Crippen LogP contribution in [-0.4, -0.2) is 42.4 Å². The Morgan fingerprint density at radius 3 is 2.17 bits per heavy atom. The van der Waals surface area contributed by atoms with E-state index in [0.717, 1.165) is 16.9 Å². The van der Waals surface area contributed by atoms with Crippen molar-refractivity contribution in [3.8, 4) is 0 Å². The molecule has 0 heterocycles. The van der Waals surface area contributed by atoms with Gasteiger partial charge in [-0.05, 0) is 26.7 Å². The molecule has 2 nitrogen and oxygen atoms in total. The van der Waals surface area contributed by atoms with Gasteiger partial charge in [-0.15, -0.1) is 0 Å². The summed E-state index contributed by atoms with van der Waals surface area (Å²) in [6, 6.07) is 0.454. The highest BCUT2D eigenvalue weighted by Gasteiger charge is 2.43. The van der Waals surface area contributed by atoms with Crippen LogP contribution in [0.1, 0.15) is 26.7 Å². The molecule has 0 spiro atoms. The van der Waals surface area contributed by atoms with Crippen molar-refractivity contribution in [2.45, 2.75) is 38.8 Å². The number of rotatable bonds is 4. The fraction of sp³-hybridized carbons (Fsp3) is 1.00. The maximum atomic E-state index is 9.67. The maximum Gasteiger partial charge on any atom is 0.117 e. The van der Waals surface area contributed by atoms with Crippen LogP contribution in [-0.2, 0) is 0 Å². The fourth-order valence-electron chi connectivity index (χ4n) is 2.20. The molecule has 1 rings (SSSR count). The number of hydrogen-bond acceptors (Lipinski definition) is 1. The zero-order valence-corrected chi connectivity index (χ0v) is 8.75. The quantitative estimate of drug-likeness (QED) is 0.633. The number of hydrogen-bond donors (Lipinski definition) is 1. The first-order valence-corrected chi connectivity index (χ1v) is 4.99. The molecule has 1 aliphatic carbocycles. The molecule has 12 heavy (non-hydrogen) atoms. The van der Waals surface area contributed by atoms with Crippen molar-refractivity contribution in [1.29, 1.82) is 0 Å². The second kappa shape index (κ2) is 3.35. The van der Waals surface area contributed by atoms with Gasteiger partial charge < -0.3 is 9.59 Å². The Morgan fingerprint density at radius 2 is 1.92 bits per heavy atom. The minimum Gasteiger partial charge on any atom is -0.387 e. The molecule has 0 aromatic heterocycles. The van der Waals surface area contributed by atoms with E-state index in [1.165, 1.54) is 12.8 Å². The molecule has 1 saturated carbocycles. The molecular formula is C10H22NO+. The van der Waals surface area contributed by atoms with Gasteiger partial charge in [-0.1, -0.05) is 0 Å². The van der Waals surface area contributed by atoms with Crippen LogP contribution in [0.3, 0.4) is 0 Å². The van der Waals surface area contributed by atoms with Gasteiger partial charge in [0.05, 0.1) is 20.6 Å². The highest BCUT2D eigenvalue weighted by Crippen LogP contribution is 2.38. The summed E-state index contributed by atoms with van der Waals surface area (Å²) in [5.74, 6) is 0.778. The highest BCUT2D eigenvalue weighted by molar-refractivity contribution is 4.85. The van der Waals surface area contributed by atoms with Crippen molar-refractivity contribution in [1.82, 2.24) is 0 Å². The van der Waals surface area contributed by atoms with E-state index in [4.69, 9.17) is 0 Å². The second-order valence-electron chi connectivity index (χ2n) is 4.66. The molecule has 0 aromatic carbocycles. The van der Waals surface area contributed by atoms with E-state index < -0.39 is 0 Å². The largest absolute Gasteiger partial charge is 0.387 e. The number of nitrogens with zero attached hydrogens (tertiary/aromatic N) is 1. The Hall–Kier alpha value is -0.0800. The van der Waals surface area contributed by atoms with Gasteiger partial charge in [-0.3, -0.25) is 0 Å². The third kappa shape index (κ3) is 1.99. The lowest BCUT2D eigenvalue weighted by Crippen LogP contribution is -2.54. The lowest BCUT2D eigenvalue weighted by Gasteiger charge is -2.39. The Balaban J connectivity index is 2.63. The number of likely N-dealkylation sites (N-methyl/N-ethyl adjacent to an activating group) is 1. The van der Waals surface area contributed by atoms with E-state index in [1.807, 2.05) is 6.92 Å². The van der Waals surface area contributed by atoms with E-state index in [1.54, 1.807) is 0 Å². The molecule has 1 unspecified atom stereocenters. The molecule has 0 saturated heterocycles. The highest BCUT2D eigenvalue weighted by atomic mass is 16.3. The van der Waals surface area contributed by atoms with Crippen LogP contribution in [0.25, 0.3) is 0 Å². The van der Waals surface area contributed by atoms with Crippen LogP contribution in [0.4, 0.5) is 0 Å². The summed E-state index contributed by atoms with van der Waals surface area (Å²) in [4.78, 5) is 0. The molecule has 0 aromatic rings. The molecule has 1 fully saturated rings. The molecule has 0 aliphatic heterocycles. The summed E-state index contributed by atoms with van der Waals surface area (Å²) in [6.45, 7) is 5.22. The van der Waals surface area contributed by atoms with Gasteiger partial charge in [0.15, 0.2) is 0 Å². The molecular weight excluding hydrogens is 150 g/mol. The van der Waals surface area contributed by atoms with Crippen molar-refractivity contribution in [2.75, 3.05) is 20.6 Å². The van der Waals surface area contributed by atoms with Gasteiger partial charge in [0.25, 0.3) is 0 Å². The van der Waals surface area contributed by atoms with Crippen LogP contribution in [0, 0.1) is 5.92 Å². The lowest BCUT2D eigenvalue weighted by molar-refractivity contribution is -0.919. The maximum absolute atomic E-state index is 9.67. The second-order valence-corrected chi connectivity index (χ2v) is 4.66. The zero-order valence-electron chi connectivity index (χ0n) is 8.75. The van der Waals surface area contributed by atoms with Crippen LogP contribution in [0.5, 0.6) is 0 Å². The summed E-state index contributed by atoms with van der Waals surface area (Å²) >= 11 is 0. The molecule has 2 heteroatoms. The minimum atomic E-state index is -0.160. The molecule has 2 atom stereocenters. The smallest absolute Gasteiger partial charge is 0.117 e. The summed E-state index contributed by atoms with van der Waals surface area (Å²) in [7, 11) is 4.44. The van der Waals surface area contributed by atoms with Gasteiger partial charge in [-0.2, -0.15) is 0 Å². The number of aliphatic hydroxyl groups is 1. The fourth-order valence-corrected chi connectivity index (χ4v) is 2.20. The molecule has 1 N–H and O–H groups in total. The first-order chi connectivity index (χ1) is 5.49. The summed E-state index contributed by atoms with van der Waals surface area (Å²) in [5, 5.41) is 9.67. The SMILES string of the molecule is CC[N+](C)(C)C(C1CC1)[C@@H](C)O. The summed E-state index contributed by atoms with van der Waals surface area (Å²) < 4.78 is 0.961. The molecule has 1 aliphatic rings. The number of quaternary nitrogens is 1. The van der Waals surface area contributed by atoms with Gasteiger partial charge >= 0.3 is 0 Å². The third-order valence-electron chi connectivity index (χ3n) is 3.22. The Labute approximate surface area is 75.8 Å². The third-order valence-corrected chi connectivity index (χ3v) is 3.22. The van der Waals surface area contributed by atoms with Crippen LogP contribution in [0.2, 0.25) is 0 Å². The van der Waals surface area contributed by atoms with Crippen LogP contribution >= 0.6 is 0 Å². The van der Waals surface area contributed by atoms with Crippen LogP contribution in [0.15, 0.2) is 0 Å². The number of aliphatic hydroxyl groups excluding tert-OH is 1. The normalized spacial score (nSPS) is 23.8. The van der Waals surface area contributed by atoms with Gasteiger partial charge in [0.1, 0.15) is 12.1 Å². The Bertz CT molecular complexity index is 148. The van der Waals surface area contributed by atoms with E-state index in [0.29, 0.717) is 6.04 Å². The van der Waals surface area contributed by atoms with E-state index in [-0.39, 0.29) is 6.10 Å². The first-order valence-electron chi connectivity index (χ1n) is 4.99. The Kier molecular flexibility index (Phi) is 2.79. The van der Waals surface area contributed by atoms with Crippen molar-refractivity contribution in [3.05, 3.63) is 0 Å². The average molecular weight is 172 g/mol. The molecule has 0 bridgehead atoms. The summed E-state index contributed by atoms with van der Waals surface area (Å²) in [5.41, 5.74) is 0. The van der Waals surface area contributed by atoms with Crippen LogP contribution < -0.4 is 0 Å². The van der Waals surface area contributed by atoms with E-state index >= 15 is 0 Å².